The highest BCUT2D eigenvalue weighted by molar-refractivity contribution is 6.31. The van der Waals surface area contributed by atoms with Crippen LogP contribution >= 0.6 is 11.6 Å². The summed E-state index contributed by atoms with van der Waals surface area (Å²) in [5.74, 6) is 0.182. The van der Waals surface area contributed by atoms with Crippen LogP contribution in [0.4, 0.5) is 9.59 Å². The highest BCUT2D eigenvalue weighted by Gasteiger charge is 2.40. The first-order valence-electron chi connectivity index (χ1n) is 9.77. The first-order chi connectivity index (χ1) is 13.7. The summed E-state index contributed by atoms with van der Waals surface area (Å²) in [6.45, 7) is 6.95. The summed E-state index contributed by atoms with van der Waals surface area (Å²) in [6.07, 6.45) is 1.62. The van der Waals surface area contributed by atoms with Gasteiger partial charge in [-0.2, -0.15) is 5.10 Å². The van der Waals surface area contributed by atoms with Crippen molar-refractivity contribution < 1.29 is 19.4 Å². The molecule has 0 bridgehead atoms. The molecule has 8 nitrogen and oxygen atoms in total. The number of alkyl carbamates (subject to hydrolysis) is 1. The van der Waals surface area contributed by atoms with Crippen LogP contribution in [0.25, 0.3) is 10.9 Å². The number of H-pyrrole nitrogens is 1. The van der Waals surface area contributed by atoms with Crippen LogP contribution in [0.1, 0.15) is 45.3 Å². The average Bonchev–Trinajstić information content (AvgIpc) is 3.15. The van der Waals surface area contributed by atoms with E-state index >= 15 is 0 Å². The summed E-state index contributed by atoms with van der Waals surface area (Å²) < 4.78 is 4.75. The molecule has 1 atom stereocenters. The number of ether oxygens (including phenoxy) is 1. The van der Waals surface area contributed by atoms with Gasteiger partial charge in [0.1, 0.15) is 0 Å². The number of halogens is 1. The van der Waals surface area contributed by atoms with Crippen molar-refractivity contribution in [1.29, 1.82) is 0 Å². The van der Waals surface area contributed by atoms with Gasteiger partial charge in [-0.1, -0.05) is 25.4 Å². The predicted octanol–water partition coefficient (Wildman–Crippen LogP) is 3.85. The van der Waals surface area contributed by atoms with E-state index in [9.17, 15) is 14.7 Å². The Hall–Kier alpha value is -2.32. The number of aromatic nitrogens is 2. The molecule has 158 valence electrons. The molecule has 29 heavy (non-hydrogen) atoms. The summed E-state index contributed by atoms with van der Waals surface area (Å²) in [6, 6.07) is 3.13. The standard InChI is InChI=1S/C20H27ClN4O4/c1-4-29-19(28)23-18(27)25-7-5-13(6-8-25)20(2,3)17(26)15-10-14(21)9-12-11-22-24-16(12)15/h9-11,13,17,26H,4-8H2,1-3H3,(H,22,24)(H,23,27,28). The van der Waals surface area contributed by atoms with Gasteiger partial charge < -0.3 is 14.7 Å². The molecule has 2 aromatic rings. The van der Waals surface area contributed by atoms with Crippen molar-refractivity contribution in [2.75, 3.05) is 19.7 Å². The number of nitrogens with zero attached hydrogens (tertiary/aromatic N) is 2. The number of urea groups is 1. The van der Waals surface area contributed by atoms with Crippen molar-refractivity contribution in [3.63, 3.8) is 0 Å². The van der Waals surface area contributed by atoms with E-state index in [2.05, 4.69) is 15.5 Å². The molecule has 1 aliphatic heterocycles. The molecule has 2 heterocycles. The number of nitrogens with one attached hydrogen (secondary N) is 2. The lowest BCUT2D eigenvalue weighted by atomic mass is 9.68. The number of likely N-dealkylation sites (tertiary alicyclic amines) is 1. The summed E-state index contributed by atoms with van der Waals surface area (Å²) in [4.78, 5) is 25.2. The molecule has 1 aromatic heterocycles. The number of imide groups is 1. The number of carbonyl (C=O) groups is 2. The molecule has 1 aromatic carbocycles. The number of fused-ring (bicyclic) bond motifs is 1. The van der Waals surface area contributed by atoms with Gasteiger partial charge in [-0.3, -0.25) is 5.10 Å². The van der Waals surface area contributed by atoms with Crippen LogP contribution in [0.15, 0.2) is 18.3 Å². The fourth-order valence-corrected chi connectivity index (χ4v) is 4.28. The second-order valence-corrected chi connectivity index (χ2v) is 8.40. The van der Waals surface area contributed by atoms with Crippen molar-refractivity contribution >= 4 is 34.6 Å². The quantitative estimate of drug-likeness (QED) is 0.693. The van der Waals surface area contributed by atoms with Gasteiger partial charge in [-0.25, -0.2) is 14.9 Å². The Kier molecular flexibility index (Phi) is 6.33. The number of rotatable bonds is 4. The second-order valence-electron chi connectivity index (χ2n) is 7.97. The number of aromatic amines is 1. The Bertz CT molecular complexity index is 890. The van der Waals surface area contributed by atoms with Crippen molar-refractivity contribution in [1.82, 2.24) is 20.4 Å². The molecule has 1 fully saturated rings. The zero-order valence-electron chi connectivity index (χ0n) is 16.9. The van der Waals surface area contributed by atoms with Crippen molar-refractivity contribution in [2.45, 2.75) is 39.7 Å². The minimum atomic E-state index is -0.756. The van der Waals surface area contributed by atoms with E-state index in [0.29, 0.717) is 31.0 Å². The largest absolute Gasteiger partial charge is 0.450 e. The van der Waals surface area contributed by atoms with Crippen LogP contribution in [-0.4, -0.2) is 52.0 Å². The van der Waals surface area contributed by atoms with Crippen molar-refractivity contribution in [3.05, 3.63) is 28.9 Å². The molecule has 3 N–H and O–H groups in total. The highest BCUT2D eigenvalue weighted by Crippen LogP contribution is 2.46. The van der Waals surface area contributed by atoms with Crippen LogP contribution in [0.2, 0.25) is 5.02 Å². The fraction of sp³-hybridized carbons (Fsp3) is 0.550. The molecule has 3 rings (SSSR count). The van der Waals surface area contributed by atoms with Gasteiger partial charge in [-0.15, -0.1) is 0 Å². The SMILES string of the molecule is CCOC(=O)NC(=O)N1CCC(C(C)(C)C(O)c2cc(Cl)cc3cn[nH]c23)CC1. The average molecular weight is 423 g/mol. The van der Waals surface area contributed by atoms with Crippen LogP contribution in [-0.2, 0) is 4.74 Å². The van der Waals surface area contributed by atoms with E-state index in [-0.39, 0.29) is 12.5 Å². The first kappa shape index (κ1) is 21.4. The Labute approximate surface area is 174 Å². The normalized spacial score (nSPS) is 16.7. The minimum Gasteiger partial charge on any atom is -0.450 e. The first-order valence-corrected chi connectivity index (χ1v) is 10.1. The third-order valence-electron chi connectivity index (χ3n) is 5.86. The number of amides is 3. The fourth-order valence-electron chi connectivity index (χ4n) is 4.05. The molecular weight excluding hydrogens is 396 g/mol. The molecule has 0 radical (unpaired) electrons. The van der Waals surface area contributed by atoms with Crippen LogP contribution < -0.4 is 5.32 Å². The lowest BCUT2D eigenvalue weighted by Crippen LogP contribution is -2.48. The third-order valence-corrected chi connectivity index (χ3v) is 6.08. The zero-order valence-corrected chi connectivity index (χ0v) is 17.6. The molecule has 0 aliphatic carbocycles. The van der Waals surface area contributed by atoms with Crippen LogP contribution in [0.5, 0.6) is 0 Å². The van der Waals surface area contributed by atoms with Gasteiger partial charge in [-0.05, 0) is 43.2 Å². The van der Waals surface area contributed by atoms with Crippen molar-refractivity contribution in [3.8, 4) is 0 Å². The number of aliphatic hydroxyl groups excluding tert-OH is 1. The Morgan fingerprint density at radius 2 is 2.10 bits per heavy atom. The van der Waals surface area contributed by atoms with Gasteiger partial charge >= 0.3 is 12.1 Å². The van der Waals surface area contributed by atoms with Gasteiger partial charge in [0, 0.05) is 29.1 Å². The van der Waals surface area contributed by atoms with Gasteiger partial charge in [0.05, 0.1) is 24.4 Å². The molecule has 0 saturated carbocycles. The molecule has 1 aliphatic rings. The van der Waals surface area contributed by atoms with E-state index in [0.717, 1.165) is 16.5 Å². The maximum atomic E-state index is 12.2. The highest BCUT2D eigenvalue weighted by atomic mass is 35.5. The summed E-state index contributed by atoms with van der Waals surface area (Å²) in [5.41, 5.74) is 1.05. The number of hydrogen-bond donors (Lipinski definition) is 3. The number of aliphatic hydroxyl groups is 1. The molecular formula is C20H27ClN4O4. The molecule has 9 heteroatoms. The lowest BCUT2D eigenvalue weighted by Gasteiger charge is -2.43. The number of hydrogen-bond acceptors (Lipinski definition) is 5. The number of piperidine rings is 1. The topological polar surface area (TPSA) is 108 Å². The number of benzene rings is 1. The van der Waals surface area contributed by atoms with E-state index in [1.54, 1.807) is 24.1 Å². The smallest absolute Gasteiger partial charge is 0.415 e. The number of carbonyl (C=O) groups excluding carboxylic acids is 2. The Morgan fingerprint density at radius 1 is 1.41 bits per heavy atom. The molecule has 1 unspecified atom stereocenters. The Morgan fingerprint density at radius 3 is 2.76 bits per heavy atom. The van der Waals surface area contributed by atoms with Crippen LogP contribution in [0.3, 0.4) is 0 Å². The van der Waals surface area contributed by atoms with E-state index in [1.165, 1.54) is 0 Å². The minimum absolute atomic E-state index is 0.182. The zero-order chi connectivity index (χ0) is 21.2. The van der Waals surface area contributed by atoms with E-state index < -0.39 is 23.6 Å². The van der Waals surface area contributed by atoms with E-state index in [4.69, 9.17) is 16.3 Å². The predicted molar refractivity (Wildman–Crippen MR) is 110 cm³/mol. The third kappa shape index (κ3) is 4.48. The molecule has 0 spiro atoms. The molecule has 1 saturated heterocycles. The monoisotopic (exact) mass is 422 g/mol. The van der Waals surface area contributed by atoms with Gasteiger partial charge in [0.2, 0.25) is 0 Å². The summed E-state index contributed by atoms with van der Waals surface area (Å²) in [7, 11) is 0. The summed E-state index contributed by atoms with van der Waals surface area (Å²) >= 11 is 6.24. The van der Waals surface area contributed by atoms with Crippen LogP contribution in [0, 0.1) is 11.3 Å². The summed E-state index contributed by atoms with van der Waals surface area (Å²) in [5, 5.41) is 21.9. The second kappa shape index (κ2) is 8.59. The van der Waals surface area contributed by atoms with Gasteiger partial charge in [0.15, 0.2) is 0 Å². The maximum absolute atomic E-state index is 12.2. The maximum Gasteiger partial charge on any atom is 0.415 e. The van der Waals surface area contributed by atoms with Crippen molar-refractivity contribution in [2.24, 2.45) is 11.3 Å². The molecule has 3 amide bonds. The van der Waals surface area contributed by atoms with E-state index in [1.807, 2.05) is 19.9 Å². The van der Waals surface area contributed by atoms with Gasteiger partial charge in [0.25, 0.3) is 0 Å². The Balaban J connectivity index is 1.68. The lowest BCUT2D eigenvalue weighted by molar-refractivity contribution is -0.0143.